The Bertz CT molecular complexity index is 1080. The van der Waals surface area contributed by atoms with E-state index in [0.717, 1.165) is 35.1 Å². The van der Waals surface area contributed by atoms with E-state index in [-0.39, 0.29) is 11.4 Å². The van der Waals surface area contributed by atoms with Crippen LogP contribution in [0.4, 0.5) is 0 Å². The SMILES string of the molecule is CC1(C)SCCN(S(=O)(=O)c2ccc(-c3ccc(CN4CCCCC4)cc3)cc2)C1C(=O)O. The molecule has 33 heavy (non-hydrogen) atoms. The molecule has 2 heterocycles. The molecular weight excluding hydrogens is 456 g/mol. The molecule has 2 aromatic rings. The van der Waals surface area contributed by atoms with Crippen molar-refractivity contribution < 1.29 is 18.3 Å². The molecule has 0 amide bonds. The summed E-state index contributed by atoms with van der Waals surface area (Å²) in [7, 11) is -3.92. The number of carbonyl (C=O) groups is 1. The summed E-state index contributed by atoms with van der Waals surface area (Å²) < 4.78 is 27.1. The minimum absolute atomic E-state index is 0.127. The van der Waals surface area contributed by atoms with E-state index in [1.54, 1.807) is 38.1 Å². The van der Waals surface area contributed by atoms with Crippen molar-refractivity contribution in [3.8, 4) is 11.1 Å². The molecule has 178 valence electrons. The van der Waals surface area contributed by atoms with Crippen molar-refractivity contribution in [3.63, 3.8) is 0 Å². The molecule has 2 saturated heterocycles. The predicted octanol–water partition coefficient (Wildman–Crippen LogP) is 4.31. The Balaban J connectivity index is 1.51. The average molecular weight is 489 g/mol. The molecule has 2 aliphatic heterocycles. The standard InChI is InChI=1S/C25H32N2O4S2/c1-25(2)23(24(28)29)27(16-17-32-25)33(30,31)22-12-10-21(11-13-22)20-8-6-19(7-9-20)18-26-14-4-3-5-15-26/h6-13,23H,3-5,14-18H2,1-2H3,(H,28,29). The van der Waals surface area contributed by atoms with Crippen LogP contribution in [-0.4, -0.2) is 64.9 Å². The molecule has 0 aromatic heterocycles. The highest BCUT2D eigenvalue weighted by atomic mass is 32.2. The topological polar surface area (TPSA) is 77.9 Å². The first-order valence-electron chi connectivity index (χ1n) is 11.5. The maximum atomic E-state index is 13.3. The van der Waals surface area contributed by atoms with Gasteiger partial charge in [-0.25, -0.2) is 8.42 Å². The number of rotatable bonds is 6. The second-order valence-corrected chi connectivity index (χ2v) is 13.0. The summed E-state index contributed by atoms with van der Waals surface area (Å²) in [6.45, 7) is 7.05. The van der Waals surface area contributed by atoms with Gasteiger partial charge in [-0.2, -0.15) is 16.1 Å². The van der Waals surface area contributed by atoms with Crippen molar-refractivity contribution in [2.45, 2.75) is 55.3 Å². The van der Waals surface area contributed by atoms with E-state index in [1.807, 2.05) is 0 Å². The number of sulfonamides is 1. The van der Waals surface area contributed by atoms with Gasteiger partial charge in [0.25, 0.3) is 0 Å². The molecule has 0 saturated carbocycles. The van der Waals surface area contributed by atoms with Gasteiger partial charge in [-0.15, -0.1) is 0 Å². The Hall–Kier alpha value is -1.87. The summed E-state index contributed by atoms with van der Waals surface area (Å²) >= 11 is 1.49. The molecule has 4 rings (SSSR count). The van der Waals surface area contributed by atoms with Gasteiger partial charge in [-0.05, 0) is 68.6 Å². The third-order valence-corrected chi connectivity index (χ3v) is 9.80. The summed E-state index contributed by atoms with van der Waals surface area (Å²) in [5.74, 6) is -0.547. The van der Waals surface area contributed by atoms with Crippen LogP contribution in [0, 0.1) is 0 Å². The molecule has 1 unspecified atom stereocenters. The van der Waals surface area contributed by atoms with Crippen LogP contribution in [-0.2, 0) is 21.4 Å². The Labute approximate surface area is 201 Å². The van der Waals surface area contributed by atoms with E-state index in [9.17, 15) is 18.3 Å². The van der Waals surface area contributed by atoms with Gasteiger partial charge in [-0.1, -0.05) is 42.8 Å². The fraction of sp³-hybridized carbons (Fsp3) is 0.480. The first kappa shape index (κ1) is 24.3. The van der Waals surface area contributed by atoms with Gasteiger partial charge >= 0.3 is 5.97 Å². The highest BCUT2D eigenvalue weighted by Gasteiger charge is 2.48. The van der Waals surface area contributed by atoms with Crippen LogP contribution in [0.5, 0.6) is 0 Å². The fourth-order valence-electron chi connectivity index (χ4n) is 4.77. The summed E-state index contributed by atoms with van der Waals surface area (Å²) in [6.07, 6.45) is 3.87. The molecular formula is C25H32N2O4S2. The Morgan fingerprint density at radius 1 is 0.970 bits per heavy atom. The maximum Gasteiger partial charge on any atom is 0.323 e. The summed E-state index contributed by atoms with van der Waals surface area (Å²) in [5.41, 5.74) is 3.24. The lowest BCUT2D eigenvalue weighted by atomic mass is 10.0. The lowest BCUT2D eigenvalue weighted by Gasteiger charge is -2.42. The Morgan fingerprint density at radius 2 is 1.55 bits per heavy atom. The quantitative estimate of drug-likeness (QED) is 0.653. The van der Waals surface area contributed by atoms with Crippen LogP contribution in [0.15, 0.2) is 53.4 Å². The second-order valence-electron chi connectivity index (χ2n) is 9.37. The smallest absolute Gasteiger partial charge is 0.323 e. The van der Waals surface area contributed by atoms with E-state index in [4.69, 9.17) is 0 Å². The van der Waals surface area contributed by atoms with Crippen molar-refractivity contribution >= 4 is 27.8 Å². The van der Waals surface area contributed by atoms with Crippen molar-refractivity contribution in [2.75, 3.05) is 25.4 Å². The average Bonchev–Trinajstić information content (AvgIpc) is 2.79. The van der Waals surface area contributed by atoms with Crippen LogP contribution >= 0.6 is 11.8 Å². The van der Waals surface area contributed by atoms with Gasteiger partial charge in [0.15, 0.2) is 0 Å². The number of likely N-dealkylation sites (tertiary alicyclic amines) is 1. The first-order chi connectivity index (χ1) is 15.7. The molecule has 2 aliphatic rings. The van der Waals surface area contributed by atoms with E-state index in [0.29, 0.717) is 5.75 Å². The van der Waals surface area contributed by atoms with Gasteiger partial charge in [0.1, 0.15) is 6.04 Å². The number of carboxylic acid groups (broad SMARTS) is 1. The number of thioether (sulfide) groups is 1. The van der Waals surface area contributed by atoms with Crippen LogP contribution in [0.1, 0.15) is 38.7 Å². The van der Waals surface area contributed by atoms with E-state index >= 15 is 0 Å². The van der Waals surface area contributed by atoms with Gasteiger partial charge in [0.2, 0.25) is 10.0 Å². The van der Waals surface area contributed by atoms with Crippen molar-refractivity contribution in [1.82, 2.24) is 9.21 Å². The minimum atomic E-state index is -3.92. The summed E-state index contributed by atoms with van der Waals surface area (Å²) in [6, 6.07) is 14.1. The molecule has 0 bridgehead atoms. The summed E-state index contributed by atoms with van der Waals surface area (Å²) in [5, 5.41) is 9.75. The fourth-order valence-corrected chi connectivity index (χ4v) is 7.86. The van der Waals surface area contributed by atoms with Crippen LogP contribution < -0.4 is 0 Å². The van der Waals surface area contributed by atoms with Crippen molar-refractivity contribution in [2.24, 2.45) is 0 Å². The Morgan fingerprint density at radius 3 is 2.12 bits per heavy atom. The van der Waals surface area contributed by atoms with Crippen LogP contribution in [0.25, 0.3) is 11.1 Å². The van der Waals surface area contributed by atoms with E-state index in [1.165, 1.54) is 36.6 Å². The van der Waals surface area contributed by atoms with Gasteiger partial charge < -0.3 is 5.11 Å². The number of carboxylic acids is 1. The highest BCUT2D eigenvalue weighted by Crippen LogP contribution is 2.38. The zero-order valence-corrected chi connectivity index (χ0v) is 20.9. The maximum absolute atomic E-state index is 13.3. The molecule has 1 atom stereocenters. The van der Waals surface area contributed by atoms with Gasteiger partial charge in [0.05, 0.1) is 4.90 Å². The highest BCUT2D eigenvalue weighted by molar-refractivity contribution is 8.00. The Kier molecular flexibility index (Phi) is 7.19. The normalized spacial score (nSPS) is 22.2. The van der Waals surface area contributed by atoms with Crippen molar-refractivity contribution in [3.05, 3.63) is 54.1 Å². The minimum Gasteiger partial charge on any atom is -0.480 e. The third-order valence-electron chi connectivity index (χ3n) is 6.57. The number of piperidine rings is 1. The van der Waals surface area contributed by atoms with Crippen LogP contribution in [0.2, 0.25) is 0 Å². The summed E-state index contributed by atoms with van der Waals surface area (Å²) in [4.78, 5) is 14.5. The van der Waals surface area contributed by atoms with Gasteiger partial charge in [0, 0.05) is 23.6 Å². The molecule has 2 fully saturated rings. The van der Waals surface area contributed by atoms with Gasteiger partial charge in [-0.3, -0.25) is 9.69 Å². The molecule has 0 spiro atoms. The molecule has 1 N–H and O–H groups in total. The molecule has 0 radical (unpaired) electrons. The molecule has 2 aromatic carbocycles. The third kappa shape index (κ3) is 5.29. The second kappa shape index (κ2) is 9.78. The largest absolute Gasteiger partial charge is 0.480 e. The zero-order chi connectivity index (χ0) is 23.6. The monoisotopic (exact) mass is 488 g/mol. The number of nitrogens with zero attached hydrogens (tertiary/aromatic N) is 2. The first-order valence-corrected chi connectivity index (χ1v) is 13.9. The molecule has 6 nitrogen and oxygen atoms in total. The molecule has 8 heteroatoms. The van der Waals surface area contributed by atoms with Crippen molar-refractivity contribution in [1.29, 1.82) is 0 Å². The zero-order valence-electron chi connectivity index (χ0n) is 19.2. The lowest BCUT2D eigenvalue weighted by Crippen LogP contribution is -2.58. The predicted molar refractivity (Wildman–Crippen MR) is 133 cm³/mol. The number of hydrogen-bond acceptors (Lipinski definition) is 5. The lowest BCUT2D eigenvalue weighted by molar-refractivity contribution is -0.142. The van der Waals surface area contributed by atoms with E-state index in [2.05, 4.69) is 29.2 Å². The number of hydrogen-bond donors (Lipinski definition) is 1. The number of benzene rings is 2. The van der Waals surface area contributed by atoms with Crippen LogP contribution in [0.3, 0.4) is 0 Å². The van der Waals surface area contributed by atoms with E-state index < -0.39 is 26.8 Å². The number of aliphatic carboxylic acids is 1. The molecule has 0 aliphatic carbocycles.